The van der Waals surface area contributed by atoms with Crippen LogP contribution in [0.4, 0.5) is 4.79 Å². The maximum atomic E-state index is 12.5. The molecule has 2 aromatic rings. The van der Waals surface area contributed by atoms with Gasteiger partial charge in [-0.1, -0.05) is 0 Å². The van der Waals surface area contributed by atoms with Crippen molar-refractivity contribution < 1.29 is 18.8 Å². The van der Waals surface area contributed by atoms with Crippen LogP contribution in [0, 0.1) is 13.8 Å². The number of nitrogens with zero attached hydrogens (tertiary/aromatic N) is 2. The van der Waals surface area contributed by atoms with Gasteiger partial charge in [0.05, 0.1) is 17.7 Å². The smallest absolute Gasteiger partial charge is 0.294 e. The predicted octanol–water partition coefficient (Wildman–Crippen LogP) is 2.59. The quantitative estimate of drug-likeness (QED) is 0.815. The zero-order valence-corrected chi connectivity index (χ0v) is 15.6. The van der Waals surface area contributed by atoms with Crippen LogP contribution in [0.5, 0.6) is 0 Å². The number of imide groups is 1. The van der Waals surface area contributed by atoms with E-state index in [2.05, 4.69) is 5.32 Å². The minimum Gasteiger partial charge on any atom is -0.467 e. The molecule has 2 aromatic heterocycles. The van der Waals surface area contributed by atoms with Crippen molar-refractivity contribution in [2.75, 3.05) is 6.54 Å². The number of nitrogens with one attached hydrogen (secondary N) is 1. The minimum atomic E-state index is -0.450. The van der Waals surface area contributed by atoms with E-state index in [1.165, 1.54) is 6.26 Å². The largest absolute Gasteiger partial charge is 0.467 e. The SMILES string of the molecule is Cc1cc(/C=C2\SC(=O)N(CC(=O)NCc3ccco3)C2=O)c(C)n1C. The Kier molecular flexibility index (Phi) is 5.03. The molecule has 3 heterocycles. The van der Waals surface area contributed by atoms with E-state index in [0.29, 0.717) is 10.7 Å². The zero-order chi connectivity index (χ0) is 18.8. The van der Waals surface area contributed by atoms with Crippen LogP contribution in [0.2, 0.25) is 0 Å². The van der Waals surface area contributed by atoms with Crippen LogP contribution >= 0.6 is 11.8 Å². The summed E-state index contributed by atoms with van der Waals surface area (Å²) in [5.74, 6) is -0.270. The van der Waals surface area contributed by atoms with Crippen LogP contribution in [0.25, 0.3) is 6.08 Å². The van der Waals surface area contributed by atoms with E-state index >= 15 is 0 Å². The van der Waals surface area contributed by atoms with Crippen molar-refractivity contribution in [3.8, 4) is 0 Å². The van der Waals surface area contributed by atoms with Crippen molar-refractivity contribution >= 4 is 34.9 Å². The monoisotopic (exact) mass is 373 g/mol. The molecule has 1 aliphatic heterocycles. The van der Waals surface area contributed by atoms with Crippen LogP contribution in [-0.2, 0) is 23.2 Å². The van der Waals surface area contributed by atoms with Gasteiger partial charge in [0.25, 0.3) is 11.1 Å². The van der Waals surface area contributed by atoms with Gasteiger partial charge in [-0.15, -0.1) is 0 Å². The van der Waals surface area contributed by atoms with Crippen LogP contribution in [0.1, 0.15) is 22.7 Å². The van der Waals surface area contributed by atoms with Gasteiger partial charge in [0.1, 0.15) is 12.3 Å². The van der Waals surface area contributed by atoms with Gasteiger partial charge in [-0.2, -0.15) is 0 Å². The Balaban J connectivity index is 1.67. The first-order chi connectivity index (χ1) is 12.4. The molecule has 136 valence electrons. The minimum absolute atomic E-state index is 0.209. The van der Waals surface area contributed by atoms with Crippen molar-refractivity contribution in [2.45, 2.75) is 20.4 Å². The van der Waals surface area contributed by atoms with E-state index < -0.39 is 17.1 Å². The summed E-state index contributed by atoms with van der Waals surface area (Å²) in [6, 6.07) is 5.41. The average Bonchev–Trinajstić information content (AvgIpc) is 3.27. The first-order valence-electron chi connectivity index (χ1n) is 8.04. The van der Waals surface area contributed by atoms with Gasteiger partial charge in [0.2, 0.25) is 5.91 Å². The number of hydrogen-bond acceptors (Lipinski definition) is 5. The third-order valence-corrected chi connectivity index (χ3v) is 5.22. The van der Waals surface area contributed by atoms with Crippen LogP contribution in [0.15, 0.2) is 33.8 Å². The highest BCUT2D eigenvalue weighted by molar-refractivity contribution is 8.18. The zero-order valence-electron chi connectivity index (χ0n) is 14.7. The maximum absolute atomic E-state index is 12.5. The lowest BCUT2D eigenvalue weighted by Gasteiger charge is -2.11. The third kappa shape index (κ3) is 3.60. The molecule has 1 fully saturated rings. The Hall–Kier alpha value is -2.74. The van der Waals surface area contributed by atoms with Gasteiger partial charge < -0.3 is 14.3 Å². The number of rotatable bonds is 5. The summed E-state index contributed by atoms with van der Waals surface area (Å²) in [5.41, 5.74) is 2.95. The molecule has 8 heteroatoms. The van der Waals surface area contributed by atoms with Gasteiger partial charge in [-0.05, 0) is 55.4 Å². The summed E-state index contributed by atoms with van der Waals surface area (Å²) >= 11 is 0.849. The molecule has 0 spiro atoms. The number of carbonyl (C=O) groups excluding carboxylic acids is 3. The van der Waals surface area contributed by atoms with E-state index in [1.54, 1.807) is 18.2 Å². The number of carbonyl (C=O) groups is 3. The highest BCUT2D eigenvalue weighted by Crippen LogP contribution is 2.32. The topological polar surface area (TPSA) is 84.6 Å². The first-order valence-corrected chi connectivity index (χ1v) is 8.86. The number of amides is 3. The predicted molar refractivity (Wildman–Crippen MR) is 98.1 cm³/mol. The highest BCUT2D eigenvalue weighted by Gasteiger charge is 2.36. The van der Waals surface area contributed by atoms with Crippen molar-refractivity contribution in [2.24, 2.45) is 7.05 Å². The lowest BCUT2D eigenvalue weighted by atomic mass is 10.2. The number of furan rings is 1. The molecule has 0 bridgehead atoms. The number of thioether (sulfide) groups is 1. The second-order valence-corrected chi connectivity index (χ2v) is 7.00. The molecule has 1 aliphatic rings. The molecule has 0 atom stereocenters. The summed E-state index contributed by atoms with van der Waals surface area (Å²) in [5, 5.41) is 2.18. The molecule has 1 saturated heterocycles. The lowest BCUT2D eigenvalue weighted by Crippen LogP contribution is -2.39. The highest BCUT2D eigenvalue weighted by atomic mass is 32.2. The number of aryl methyl sites for hydroxylation is 1. The summed E-state index contributed by atoms with van der Waals surface area (Å²) in [6.07, 6.45) is 3.21. The van der Waals surface area contributed by atoms with E-state index in [4.69, 9.17) is 4.42 Å². The number of aromatic nitrogens is 1. The van der Waals surface area contributed by atoms with E-state index in [-0.39, 0.29) is 13.1 Å². The second-order valence-electron chi connectivity index (χ2n) is 6.01. The molecule has 0 aromatic carbocycles. The van der Waals surface area contributed by atoms with Crippen LogP contribution in [0.3, 0.4) is 0 Å². The standard InChI is InChI=1S/C18H19N3O4S/c1-11-7-13(12(2)20(11)3)8-15-17(23)21(18(24)26-15)10-16(22)19-9-14-5-4-6-25-14/h4-8H,9-10H2,1-3H3,(H,19,22)/b15-8-. The molecule has 0 radical (unpaired) electrons. The van der Waals surface area contributed by atoms with Gasteiger partial charge in [-0.3, -0.25) is 19.3 Å². The summed E-state index contributed by atoms with van der Waals surface area (Å²) < 4.78 is 7.14. The summed E-state index contributed by atoms with van der Waals surface area (Å²) in [4.78, 5) is 37.9. The Labute approximate surface area is 155 Å². The fraction of sp³-hybridized carbons (Fsp3) is 0.278. The molecule has 0 unspecified atom stereocenters. The van der Waals surface area contributed by atoms with Gasteiger partial charge in [0, 0.05) is 18.4 Å². The third-order valence-electron chi connectivity index (χ3n) is 4.32. The maximum Gasteiger partial charge on any atom is 0.294 e. The summed E-state index contributed by atoms with van der Waals surface area (Å²) in [7, 11) is 1.94. The molecule has 3 rings (SSSR count). The average molecular weight is 373 g/mol. The van der Waals surface area contributed by atoms with Crippen LogP contribution in [-0.4, -0.2) is 33.1 Å². The fourth-order valence-corrected chi connectivity index (χ4v) is 3.44. The molecule has 0 aliphatic carbocycles. The molecule has 3 amide bonds. The Morgan fingerprint density at radius 1 is 1.35 bits per heavy atom. The molecule has 26 heavy (non-hydrogen) atoms. The second kappa shape index (κ2) is 7.25. The van der Waals surface area contributed by atoms with Gasteiger partial charge in [-0.25, -0.2) is 0 Å². The normalized spacial score (nSPS) is 16.0. The lowest BCUT2D eigenvalue weighted by molar-refractivity contribution is -0.129. The van der Waals surface area contributed by atoms with Gasteiger partial charge >= 0.3 is 0 Å². The Morgan fingerprint density at radius 2 is 2.12 bits per heavy atom. The van der Waals surface area contributed by atoms with Crippen LogP contribution < -0.4 is 5.32 Å². The molecule has 1 N–H and O–H groups in total. The molecular weight excluding hydrogens is 354 g/mol. The van der Waals surface area contributed by atoms with Crippen molar-refractivity contribution in [1.82, 2.24) is 14.8 Å². The molecule has 7 nitrogen and oxygen atoms in total. The fourth-order valence-electron chi connectivity index (χ4n) is 2.61. The van der Waals surface area contributed by atoms with Crippen molar-refractivity contribution in [3.05, 3.63) is 52.1 Å². The summed E-state index contributed by atoms with van der Waals surface area (Å²) in [6.45, 7) is 3.82. The first kappa shape index (κ1) is 18.1. The number of hydrogen-bond donors (Lipinski definition) is 1. The molecular formula is C18H19N3O4S. The van der Waals surface area contributed by atoms with E-state index in [1.807, 2.05) is 31.5 Å². The van der Waals surface area contributed by atoms with E-state index in [0.717, 1.165) is 33.6 Å². The Morgan fingerprint density at radius 3 is 2.73 bits per heavy atom. The Bertz CT molecular complexity index is 896. The van der Waals surface area contributed by atoms with Crippen molar-refractivity contribution in [1.29, 1.82) is 0 Å². The van der Waals surface area contributed by atoms with Gasteiger partial charge in [0.15, 0.2) is 0 Å². The van der Waals surface area contributed by atoms with Crippen molar-refractivity contribution in [3.63, 3.8) is 0 Å². The van der Waals surface area contributed by atoms with E-state index in [9.17, 15) is 14.4 Å². The molecule has 0 saturated carbocycles.